The van der Waals surface area contributed by atoms with Gasteiger partial charge in [-0.25, -0.2) is 9.97 Å². The van der Waals surface area contributed by atoms with Gasteiger partial charge in [0.1, 0.15) is 11.6 Å². The van der Waals surface area contributed by atoms with Gasteiger partial charge >= 0.3 is 0 Å². The highest BCUT2D eigenvalue weighted by Crippen LogP contribution is 2.20. The number of thioether (sulfide) groups is 1. The fourth-order valence-electron chi connectivity index (χ4n) is 1.79. The predicted octanol–water partition coefficient (Wildman–Crippen LogP) is 0.722. The fourth-order valence-corrected chi connectivity index (χ4v) is 2.46. The van der Waals surface area contributed by atoms with Crippen LogP contribution in [0.25, 0.3) is 0 Å². The molecular formula is C12H17N7OS. The van der Waals surface area contributed by atoms with Gasteiger partial charge < -0.3 is 16.8 Å². The molecule has 0 saturated carbocycles. The lowest BCUT2D eigenvalue weighted by Crippen LogP contribution is -2.15. The van der Waals surface area contributed by atoms with Crippen LogP contribution in [0.5, 0.6) is 0 Å². The summed E-state index contributed by atoms with van der Waals surface area (Å²) < 4.78 is 1.72. The molecule has 5 N–H and O–H groups in total. The Kier molecular flexibility index (Phi) is 4.32. The fraction of sp³-hybridized carbons (Fsp3) is 0.333. The molecular weight excluding hydrogens is 290 g/mol. The molecule has 0 bridgehead atoms. The lowest BCUT2D eigenvalue weighted by molar-refractivity contribution is -0.113. The summed E-state index contributed by atoms with van der Waals surface area (Å²) in [6.45, 7) is 3.74. The zero-order valence-electron chi connectivity index (χ0n) is 12.0. The highest BCUT2D eigenvalue weighted by Gasteiger charge is 2.13. The van der Waals surface area contributed by atoms with Crippen molar-refractivity contribution in [2.45, 2.75) is 19.0 Å². The number of anilines is 3. The smallest absolute Gasteiger partial charge is 0.234 e. The van der Waals surface area contributed by atoms with Crippen LogP contribution in [0, 0.1) is 13.8 Å². The lowest BCUT2D eigenvalue weighted by atomic mass is 10.3. The summed E-state index contributed by atoms with van der Waals surface area (Å²) in [5, 5.41) is 7.46. The van der Waals surface area contributed by atoms with Crippen LogP contribution in [0.1, 0.15) is 11.4 Å². The molecule has 112 valence electrons. The Morgan fingerprint density at radius 3 is 2.48 bits per heavy atom. The first-order valence-corrected chi connectivity index (χ1v) is 7.18. The van der Waals surface area contributed by atoms with Gasteiger partial charge in [-0.05, 0) is 13.8 Å². The van der Waals surface area contributed by atoms with Gasteiger partial charge in [-0.15, -0.1) is 0 Å². The molecule has 21 heavy (non-hydrogen) atoms. The van der Waals surface area contributed by atoms with Crippen molar-refractivity contribution in [3.05, 3.63) is 17.5 Å². The first-order valence-electron chi connectivity index (χ1n) is 6.19. The van der Waals surface area contributed by atoms with E-state index in [1.54, 1.807) is 4.68 Å². The second kappa shape index (κ2) is 6.00. The summed E-state index contributed by atoms with van der Waals surface area (Å²) >= 11 is 1.17. The number of hydrogen-bond acceptors (Lipinski definition) is 7. The minimum Gasteiger partial charge on any atom is -0.383 e. The molecule has 1 amide bonds. The summed E-state index contributed by atoms with van der Waals surface area (Å²) in [4.78, 5) is 20.0. The summed E-state index contributed by atoms with van der Waals surface area (Å²) in [6.07, 6.45) is 0. The monoisotopic (exact) mass is 307 g/mol. The van der Waals surface area contributed by atoms with E-state index >= 15 is 0 Å². The summed E-state index contributed by atoms with van der Waals surface area (Å²) in [6, 6.07) is 1.46. The number of aromatic nitrogens is 4. The van der Waals surface area contributed by atoms with Crippen LogP contribution in [0.3, 0.4) is 0 Å². The van der Waals surface area contributed by atoms with Gasteiger partial charge in [0.15, 0.2) is 5.16 Å². The maximum atomic E-state index is 12.0. The van der Waals surface area contributed by atoms with Crippen molar-refractivity contribution in [1.29, 1.82) is 0 Å². The highest BCUT2D eigenvalue weighted by atomic mass is 32.2. The van der Waals surface area contributed by atoms with Crippen LogP contribution in [0.15, 0.2) is 11.2 Å². The van der Waals surface area contributed by atoms with E-state index in [0.29, 0.717) is 5.16 Å². The maximum Gasteiger partial charge on any atom is 0.234 e. The van der Waals surface area contributed by atoms with E-state index in [1.807, 2.05) is 20.9 Å². The number of nitrogen functional groups attached to an aromatic ring is 2. The number of nitrogens with two attached hydrogens (primary N) is 2. The third-order valence-corrected chi connectivity index (χ3v) is 3.70. The molecule has 0 unspecified atom stereocenters. The maximum absolute atomic E-state index is 12.0. The summed E-state index contributed by atoms with van der Waals surface area (Å²) in [7, 11) is 1.83. The molecule has 2 heterocycles. The number of carbonyl (C=O) groups is 1. The van der Waals surface area contributed by atoms with Crippen molar-refractivity contribution in [3.8, 4) is 0 Å². The Hall–Kier alpha value is -2.29. The Labute approximate surface area is 126 Å². The van der Waals surface area contributed by atoms with Crippen molar-refractivity contribution in [2.24, 2.45) is 7.05 Å². The number of nitrogens with zero attached hydrogens (tertiary/aromatic N) is 4. The van der Waals surface area contributed by atoms with Crippen LogP contribution < -0.4 is 16.8 Å². The quantitative estimate of drug-likeness (QED) is 0.561. The standard InChI is InChI=1S/C12H17N7OS/c1-6-11(7(2)19(3)18-6)17-10(20)5-21-12-15-8(13)4-9(14)16-12/h4H,5H2,1-3H3,(H,17,20)(H4,13,14,15,16). The van der Waals surface area contributed by atoms with E-state index in [-0.39, 0.29) is 23.3 Å². The topological polar surface area (TPSA) is 125 Å². The molecule has 0 spiro atoms. The third kappa shape index (κ3) is 3.63. The van der Waals surface area contributed by atoms with Crippen LogP contribution >= 0.6 is 11.8 Å². The van der Waals surface area contributed by atoms with E-state index in [1.165, 1.54) is 17.8 Å². The van der Waals surface area contributed by atoms with Crippen molar-refractivity contribution >= 4 is 35.0 Å². The van der Waals surface area contributed by atoms with Crippen molar-refractivity contribution in [2.75, 3.05) is 22.5 Å². The lowest BCUT2D eigenvalue weighted by Gasteiger charge is -2.05. The van der Waals surface area contributed by atoms with Gasteiger partial charge in [-0.3, -0.25) is 9.48 Å². The van der Waals surface area contributed by atoms with Crippen LogP contribution in [-0.2, 0) is 11.8 Å². The van der Waals surface area contributed by atoms with Crippen molar-refractivity contribution in [1.82, 2.24) is 19.7 Å². The number of aryl methyl sites for hydroxylation is 2. The first-order chi connectivity index (χ1) is 9.86. The number of nitrogens with one attached hydrogen (secondary N) is 1. The largest absolute Gasteiger partial charge is 0.383 e. The zero-order valence-corrected chi connectivity index (χ0v) is 12.9. The molecule has 0 aliphatic heterocycles. The number of amides is 1. The second-order valence-corrected chi connectivity index (χ2v) is 5.45. The first kappa shape index (κ1) is 15.1. The average molecular weight is 307 g/mol. The predicted molar refractivity (Wildman–Crippen MR) is 82.9 cm³/mol. The molecule has 0 saturated heterocycles. The Bertz CT molecular complexity index is 662. The van der Waals surface area contributed by atoms with Gasteiger partial charge in [-0.1, -0.05) is 11.8 Å². The SMILES string of the molecule is Cc1nn(C)c(C)c1NC(=O)CSc1nc(N)cc(N)n1. The Balaban J connectivity index is 1.99. The van der Waals surface area contributed by atoms with Crippen molar-refractivity contribution in [3.63, 3.8) is 0 Å². The normalized spacial score (nSPS) is 10.6. The molecule has 0 fully saturated rings. The minimum absolute atomic E-state index is 0.163. The molecule has 0 aromatic carbocycles. The van der Waals surface area contributed by atoms with Crippen LogP contribution in [0.4, 0.5) is 17.3 Å². The van der Waals surface area contributed by atoms with Gasteiger partial charge in [0.2, 0.25) is 5.91 Å². The Morgan fingerprint density at radius 1 is 1.33 bits per heavy atom. The van der Waals surface area contributed by atoms with Gasteiger partial charge in [0.25, 0.3) is 0 Å². The molecule has 2 aromatic heterocycles. The number of rotatable bonds is 4. The van der Waals surface area contributed by atoms with E-state index in [2.05, 4.69) is 20.4 Å². The molecule has 2 rings (SSSR count). The summed E-state index contributed by atoms with van der Waals surface area (Å²) in [5.74, 6) is 0.564. The molecule has 0 radical (unpaired) electrons. The molecule has 0 aliphatic rings. The number of carbonyl (C=O) groups excluding carboxylic acids is 1. The van der Waals surface area contributed by atoms with Crippen molar-refractivity contribution < 1.29 is 4.79 Å². The van der Waals surface area contributed by atoms with Crippen LogP contribution in [0.2, 0.25) is 0 Å². The second-order valence-electron chi connectivity index (χ2n) is 4.51. The molecule has 2 aromatic rings. The highest BCUT2D eigenvalue weighted by molar-refractivity contribution is 7.99. The third-order valence-electron chi connectivity index (χ3n) is 2.85. The van der Waals surface area contributed by atoms with Gasteiger partial charge in [0.05, 0.1) is 22.8 Å². The zero-order chi connectivity index (χ0) is 15.6. The molecule has 0 aliphatic carbocycles. The molecule has 0 atom stereocenters. The molecule has 9 heteroatoms. The van der Waals surface area contributed by atoms with E-state index < -0.39 is 0 Å². The average Bonchev–Trinajstić information content (AvgIpc) is 2.62. The van der Waals surface area contributed by atoms with E-state index in [4.69, 9.17) is 11.5 Å². The van der Waals surface area contributed by atoms with E-state index in [9.17, 15) is 4.79 Å². The molecule has 8 nitrogen and oxygen atoms in total. The van der Waals surface area contributed by atoms with E-state index in [0.717, 1.165) is 17.1 Å². The minimum atomic E-state index is -0.163. The summed E-state index contributed by atoms with van der Waals surface area (Å²) in [5.41, 5.74) is 13.6. The van der Waals surface area contributed by atoms with Crippen LogP contribution in [-0.4, -0.2) is 31.4 Å². The Morgan fingerprint density at radius 2 is 1.95 bits per heavy atom. The van der Waals surface area contributed by atoms with Gasteiger partial charge in [-0.2, -0.15) is 5.10 Å². The van der Waals surface area contributed by atoms with Gasteiger partial charge in [0, 0.05) is 13.1 Å². The number of hydrogen-bond donors (Lipinski definition) is 3.